The first kappa shape index (κ1) is 20.4. The number of carbonyl (C=O) groups excluding carboxylic acids is 3. The van der Waals surface area contributed by atoms with Crippen LogP contribution < -0.4 is 15.0 Å². The SMILES string of the molecule is Cc1nn(C)c(C)c1NC(=O)[C@@H](C)OC(=O)CCN1C(=O)COc2ccccc21. The van der Waals surface area contributed by atoms with Crippen molar-refractivity contribution in [2.45, 2.75) is 33.3 Å². The molecule has 0 aliphatic carbocycles. The predicted octanol–water partition coefficient (Wildman–Crippen LogP) is 1.72. The zero-order valence-corrected chi connectivity index (χ0v) is 16.9. The van der Waals surface area contributed by atoms with Gasteiger partial charge in [0.05, 0.1) is 29.2 Å². The minimum absolute atomic E-state index is 0.0390. The van der Waals surface area contributed by atoms with Crippen LogP contribution in [0, 0.1) is 13.8 Å². The number of esters is 1. The number of rotatable bonds is 6. The van der Waals surface area contributed by atoms with Gasteiger partial charge in [0, 0.05) is 13.6 Å². The second-order valence-corrected chi connectivity index (χ2v) is 6.84. The van der Waals surface area contributed by atoms with Crippen LogP contribution in [0.2, 0.25) is 0 Å². The molecule has 9 nitrogen and oxygen atoms in total. The smallest absolute Gasteiger partial charge is 0.308 e. The molecule has 2 heterocycles. The lowest BCUT2D eigenvalue weighted by atomic mass is 10.2. The Morgan fingerprint density at radius 2 is 2.03 bits per heavy atom. The third kappa shape index (κ3) is 4.39. The summed E-state index contributed by atoms with van der Waals surface area (Å²) in [6, 6.07) is 7.13. The summed E-state index contributed by atoms with van der Waals surface area (Å²) >= 11 is 0. The molecule has 2 aromatic rings. The molecule has 0 saturated carbocycles. The molecule has 9 heteroatoms. The molecular formula is C20H24N4O5. The first-order valence-electron chi connectivity index (χ1n) is 9.30. The largest absolute Gasteiger partial charge is 0.482 e. The van der Waals surface area contributed by atoms with Gasteiger partial charge in [-0.15, -0.1) is 0 Å². The number of aromatic nitrogens is 2. The first-order valence-corrected chi connectivity index (χ1v) is 9.30. The fourth-order valence-corrected chi connectivity index (χ4v) is 3.09. The Balaban J connectivity index is 1.55. The minimum Gasteiger partial charge on any atom is -0.482 e. The lowest BCUT2D eigenvalue weighted by Gasteiger charge is -2.29. The molecule has 0 radical (unpaired) electrons. The third-order valence-corrected chi connectivity index (χ3v) is 4.78. The zero-order chi connectivity index (χ0) is 21.1. The van der Waals surface area contributed by atoms with E-state index < -0.39 is 18.0 Å². The number of carbonyl (C=O) groups is 3. The van der Waals surface area contributed by atoms with Gasteiger partial charge < -0.3 is 19.7 Å². The highest BCUT2D eigenvalue weighted by Gasteiger charge is 2.26. The Kier molecular flexibility index (Phi) is 5.86. The second-order valence-electron chi connectivity index (χ2n) is 6.84. The Labute approximate surface area is 168 Å². The molecular weight excluding hydrogens is 376 g/mol. The molecule has 2 amide bonds. The number of anilines is 2. The number of aryl methyl sites for hydroxylation is 2. The average molecular weight is 400 g/mol. The van der Waals surface area contributed by atoms with E-state index in [9.17, 15) is 14.4 Å². The summed E-state index contributed by atoms with van der Waals surface area (Å²) in [4.78, 5) is 38.2. The minimum atomic E-state index is -0.978. The molecule has 1 N–H and O–H groups in total. The van der Waals surface area contributed by atoms with Crippen LogP contribution in [-0.2, 0) is 26.2 Å². The van der Waals surface area contributed by atoms with Gasteiger partial charge in [-0.25, -0.2) is 0 Å². The number of ether oxygens (including phenoxy) is 2. The van der Waals surface area contributed by atoms with Gasteiger partial charge in [0.1, 0.15) is 5.75 Å². The van der Waals surface area contributed by atoms with Gasteiger partial charge in [0.25, 0.3) is 11.8 Å². The normalized spacial score (nSPS) is 14.1. The highest BCUT2D eigenvalue weighted by molar-refractivity contribution is 5.98. The van der Waals surface area contributed by atoms with Crippen molar-refractivity contribution in [1.29, 1.82) is 0 Å². The van der Waals surface area contributed by atoms with Crippen molar-refractivity contribution in [1.82, 2.24) is 9.78 Å². The molecule has 154 valence electrons. The molecule has 3 rings (SSSR count). The summed E-state index contributed by atoms with van der Waals surface area (Å²) in [5, 5.41) is 6.99. The molecule has 29 heavy (non-hydrogen) atoms. The van der Waals surface area contributed by atoms with Crippen LogP contribution in [0.5, 0.6) is 5.75 Å². The molecule has 1 aromatic heterocycles. The van der Waals surface area contributed by atoms with Gasteiger partial charge in [0.15, 0.2) is 12.7 Å². The topological polar surface area (TPSA) is 103 Å². The van der Waals surface area contributed by atoms with E-state index in [0.717, 1.165) is 5.69 Å². The molecule has 1 aliphatic rings. The Bertz CT molecular complexity index is 952. The van der Waals surface area contributed by atoms with Crippen LogP contribution in [0.1, 0.15) is 24.7 Å². The van der Waals surface area contributed by atoms with Gasteiger partial charge in [-0.2, -0.15) is 5.10 Å². The fraction of sp³-hybridized carbons (Fsp3) is 0.400. The molecule has 0 unspecified atom stereocenters. The van der Waals surface area contributed by atoms with E-state index in [2.05, 4.69) is 10.4 Å². The van der Waals surface area contributed by atoms with Crippen LogP contribution >= 0.6 is 0 Å². The number of para-hydroxylation sites is 2. The summed E-state index contributed by atoms with van der Waals surface area (Å²) in [6.45, 7) is 5.20. The zero-order valence-electron chi connectivity index (χ0n) is 16.9. The van der Waals surface area contributed by atoms with Gasteiger partial charge in [-0.05, 0) is 32.9 Å². The molecule has 1 atom stereocenters. The summed E-state index contributed by atoms with van der Waals surface area (Å²) < 4.78 is 12.3. The maximum atomic E-state index is 12.4. The van der Waals surface area contributed by atoms with Crippen molar-refractivity contribution in [3.05, 3.63) is 35.7 Å². The standard InChI is InChI=1S/C20H24N4O5/c1-12-19(13(2)23(4)22-12)21-20(27)14(3)29-18(26)9-10-24-15-7-5-6-8-16(15)28-11-17(24)25/h5-8,14H,9-11H2,1-4H3,(H,21,27)/t14-/m1/s1. The van der Waals surface area contributed by atoms with Crippen molar-refractivity contribution in [2.24, 2.45) is 7.05 Å². The quantitative estimate of drug-likeness (QED) is 0.741. The fourth-order valence-electron chi connectivity index (χ4n) is 3.09. The maximum absolute atomic E-state index is 12.4. The van der Waals surface area contributed by atoms with E-state index in [0.29, 0.717) is 22.8 Å². The van der Waals surface area contributed by atoms with Gasteiger partial charge >= 0.3 is 5.97 Å². The van der Waals surface area contributed by atoms with Crippen molar-refractivity contribution < 1.29 is 23.9 Å². The van der Waals surface area contributed by atoms with E-state index in [-0.39, 0.29) is 25.5 Å². The highest BCUT2D eigenvalue weighted by atomic mass is 16.5. The van der Waals surface area contributed by atoms with E-state index in [1.54, 1.807) is 36.9 Å². The molecule has 0 bridgehead atoms. The summed E-state index contributed by atoms with van der Waals surface area (Å²) in [7, 11) is 1.78. The van der Waals surface area contributed by atoms with Crippen molar-refractivity contribution >= 4 is 29.2 Å². The van der Waals surface area contributed by atoms with Crippen LogP contribution in [0.25, 0.3) is 0 Å². The van der Waals surface area contributed by atoms with E-state index in [1.165, 1.54) is 11.8 Å². The van der Waals surface area contributed by atoms with Gasteiger partial charge in [0.2, 0.25) is 0 Å². The van der Waals surface area contributed by atoms with Gasteiger partial charge in [-0.3, -0.25) is 19.1 Å². The molecule has 0 saturated heterocycles. The number of hydrogen-bond donors (Lipinski definition) is 1. The lowest BCUT2D eigenvalue weighted by molar-refractivity contribution is -0.153. The van der Waals surface area contributed by atoms with E-state index in [4.69, 9.17) is 9.47 Å². The molecule has 0 fully saturated rings. The monoisotopic (exact) mass is 400 g/mol. The number of amides is 2. The maximum Gasteiger partial charge on any atom is 0.308 e. The van der Waals surface area contributed by atoms with Gasteiger partial charge in [-0.1, -0.05) is 12.1 Å². The van der Waals surface area contributed by atoms with Crippen LogP contribution in [0.15, 0.2) is 24.3 Å². The Hall–Kier alpha value is -3.36. The second kappa shape index (κ2) is 8.34. The van der Waals surface area contributed by atoms with Crippen molar-refractivity contribution in [3.8, 4) is 5.75 Å². The van der Waals surface area contributed by atoms with Crippen LogP contribution in [-0.4, -0.2) is 46.8 Å². The number of benzene rings is 1. The highest BCUT2D eigenvalue weighted by Crippen LogP contribution is 2.31. The lowest BCUT2D eigenvalue weighted by Crippen LogP contribution is -2.40. The van der Waals surface area contributed by atoms with Crippen molar-refractivity contribution in [2.75, 3.05) is 23.4 Å². The summed E-state index contributed by atoms with van der Waals surface area (Å²) in [5.41, 5.74) is 2.71. The van der Waals surface area contributed by atoms with E-state index >= 15 is 0 Å². The van der Waals surface area contributed by atoms with Crippen LogP contribution in [0.3, 0.4) is 0 Å². The first-order chi connectivity index (χ1) is 13.8. The number of nitrogens with zero attached hydrogens (tertiary/aromatic N) is 3. The molecule has 1 aromatic carbocycles. The number of fused-ring (bicyclic) bond motifs is 1. The number of nitrogens with one attached hydrogen (secondary N) is 1. The third-order valence-electron chi connectivity index (χ3n) is 4.78. The van der Waals surface area contributed by atoms with Crippen molar-refractivity contribution in [3.63, 3.8) is 0 Å². The average Bonchev–Trinajstić information content (AvgIpc) is 2.93. The summed E-state index contributed by atoms with van der Waals surface area (Å²) in [5.74, 6) is -0.644. The molecule has 0 spiro atoms. The Morgan fingerprint density at radius 1 is 1.31 bits per heavy atom. The van der Waals surface area contributed by atoms with Crippen LogP contribution in [0.4, 0.5) is 11.4 Å². The summed E-state index contributed by atoms with van der Waals surface area (Å²) in [6.07, 6.45) is -1.02. The molecule has 1 aliphatic heterocycles. The Morgan fingerprint density at radius 3 is 2.72 bits per heavy atom. The number of hydrogen-bond acceptors (Lipinski definition) is 6. The van der Waals surface area contributed by atoms with E-state index in [1.807, 2.05) is 13.0 Å². The predicted molar refractivity (Wildman–Crippen MR) is 106 cm³/mol.